The molecule has 0 aliphatic carbocycles. The number of benzene rings is 1. The lowest BCUT2D eigenvalue weighted by Gasteiger charge is -2.18. The maximum Gasteiger partial charge on any atom is 0.292 e. The van der Waals surface area contributed by atoms with Gasteiger partial charge in [-0.15, -0.1) is 0 Å². The predicted molar refractivity (Wildman–Crippen MR) is 77.4 cm³/mol. The highest BCUT2D eigenvalue weighted by Crippen LogP contribution is 2.29. The van der Waals surface area contributed by atoms with Crippen molar-refractivity contribution >= 4 is 17.3 Å². The van der Waals surface area contributed by atoms with Gasteiger partial charge in [0.25, 0.3) is 5.69 Å². The molecule has 0 saturated heterocycles. The van der Waals surface area contributed by atoms with Crippen LogP contribution in [-0.2, 0) is 11.3 Å². The van der Waals surface area contributed by atoms with Gasteiger partial charge in [-0.25, -0.2) is 0 Å². The smallest absolute Gasteiger partial charge is 0.292 e. The Balaban J connectivity index is 3.01. The number of nitro benzene ring substituents is 1. The molecule has 0 aliphatic rings. The number of anilines is 1. The number of para-hydroxylation sites is 1. The molecule has 0 radical (unpaired) electrons. The molecule has 1 aromatic carbocycles. The van der Waals surface area contributed by atoms with E-state index in [1.165, 1.54) is 6.07 Å². The highest BCUT2D eigenvalue weighted by Gasteiger charge is 2.18. The number of carbonyl (C=O) groups is 1. The summed E-state index contributed by atoms with van der Waals surface area (Å²) in [5, 5.41) is 14.2. The number of nitrogens with one attached hydrogen (secondary N) is 1. The van der Waals surface area contributed by atoms with Crippen molar-refractivity contribution < 1.29 is 9.72 Å². The molecular weight excluding hydrogens is 260 g/mol. The molecule has 1 amide bonds. The second-order valence-corrected chi connectivity index (χ2v) is 4.63. The predicted octanol–water partition coefficient (Wildman–Crippen LogP) is 1.33. The van der Waals surface area contributed by atoms with E-state index in [4.69, 9.17) is 5.73 Å². The molecule has 110 valence electrons. The summed E-state index contributed by atoms with van der Waals surface area (Å²) < 4.78 is 0. The summed E-state index contributed by atoms with van der Waals surface area (Å²) >= 11 is 0. The summed E-state index contributed by atoms with van der Waals surface area (Å²) in [6.07, 6.45) is 0.864. The number of primary amides is 1. The van der Waals surface area contributed by atoms with Crippen molar-refractivity contribution in [2.45, 2.75) is 19.9 Å². The van der Waals surface area contributed by atoms with Gasteiger partial charge in [0, 0.05) is 19.2 Å². The summed E-state index contributed by atoms with van der Waals surface area (Å²) in [6.45, 7) is 3.16. The van der Waals surface area contributed by atoms with E-state index in [1.54, 1.807) is 18.0 Å². The second-order valence-electron chi connectivity index (χ2n) is 4.63. The van der Waals surface area contributed by atoms with Gasteiger partial charge >= 0.3 is 0 Å². The minimum atomic E-state index is -0.430. The molecule has 1 aromatic rings. The standard InChI is InChI=1S/C13H20N4O3/c1-3-7-15-13-10(8-16(2)9-12(14)18)5-4-6-11(13)17(19)20/h4-6,15H,3,7-9H2,1-2H3,(H2,14,18). The second kappa shape index (κ2) is 7.44. The van der Waals surface area contributed by atoms with E-state index in [2.05, 4.69) is 5.32 Å². The lowest BCUT2D eigenvalue weighted by molar-refractivity contribution is -0.384. The van der Waals surface area contributed by atoms with E-state index in [-0.39, 0.29) is 12.2 Å². The van der Waals surface area contributed by atoms with Crippen molar-refractivity contribution in [1.29, 1.82) is 0 Å². The Morgan fingerprint density at radius 2 is 2.20 bits per heavy atom. The molecule has 0 heterocycles. The lowest BCUT2D eigenvalue weighted by Crippen LogP contribution is -2.30. The van der Waals surface area contributed by atoms with E-state index in [1.807, 2.05) is 13.0 Å². The molecule has 0 unspecified atom stereocenters. The van der Waals surface area contributed by atoms with Crippen molar-refractivity contribution in [2.24, 2.45) is 5.73 Å². The Hall–Kier alpha value is -2.15. The van der Waals surface area contributed by atoms with Gasteiger partial charge in [0.2, 0.25) is 5.91 Å². The van der Waals surface area contributed by atoms with Crippen LogP contribution in [-0.4, -0.2) is 35.9 Å². The van der Waals surface area contributed by atoms with Gasteiger partial charge in [0.15, 0.2) is 0 Å². The summed E-state index contributed by atoms with van der Waals surface area (Å²) in [4.78, 5) is 23.3. The molecule has 0 atom stereocenters. The molecule has 0 aromatic heterocycles. The van der Waals surface area contributed by atoms with Crippen LogP contribution in [0.1, 0.15) is 18.9 Å². The molecule has 0 saturated carbocycles. The van der Waals surface area contributed by atoms with Gasteiger partial charge in [0.05, 0.1) is 11.5 Å². The number of amides is 1. The number of nitrogens with zero attached hydrogens (tertiary/aromatic N) is 2. The first kappa shape index (κ1) is 15.9. The van der Waals surface area contributed by atoms with Crippen LogP contribution in [0.4, 0.5) is 11.4 Å². The number of nitro groups is 1. The fraction of sp³-hybridized carbons (Fsp3) is 0.462. The maximum absolute atomic E-state index is 11.1. The van der Waals surface area contributed by atoms with Crippen LogP contribution in [0, 0.1) is 10.1 Å². The zero-order valence-electron chi connectivity index (χ0n) is 11.8. The Morgan fingerprint density at radius 3 is 2.75 bits per heavy atom. The van der Waals surface area contributed by atoms with Crippen molar-refractivity contribution in [2.75, 3.05) is 25.5 Å². The van der Waals surface area contributed by atoms with Crippen molar-refractivity contribution in [3.8, 4) is 0 Å². The van der Waals surface area contributed by atoms with Gasteiger partial charge in [-0.1, -0.05) is 19.1 Å². The number of hydrogen-bond acceptors (Lipinski definition) is 5. The average molecular weight is 280 g/mol. The van der Waals surface area contributed by atoms with E-state index < -0.39 is 10.8 Å². The van der Waals surface area contributed by atoms with Gasteiger partial charge in [0.1, 0.15) is 5.69 Å². The number of carbonyl (C=O) groups excluding carboxylic acids is 1. The first-order valence-electron chi connectivity index (χ1n) is 6.42. The summed E-state index contributed by atoms with van der Waals surface area (Å²) in [6, 6.07) is 4.92. The molecule has 0 spiro atoms. The van der Waals surface area contributed by atoms with Gasteiger partial charge in [-0.2, -0.15) is 0 Å². The SMILES string of the molecule is CCCNc1c(CN(C)CC(N)=O)cccc1[N+](=O)[O-]. The third-order valence-corrected chi connectivity index (χ3v) is 2.74. The van der Waals surface area contributed by atoms with Crippen molar-refractivity contribution in [1.82, 2.24) is 4.90 Å². The van der Waals surface area contributed by atoms with Crippen LogP contribution in [0.3, 0.4) is 0 Å². The topological polar surface area (TPSA) is 102 Å². The largest absolute Gasteiger partial charge is 0.379 e. The molecule has 1 rings (SSSR count). The quantitative estimate of drug-likeness (QED) is 0.552. The van der Waals surface area contributed by atoms with Crippen LogP contribution in [0.2, 0.25) is 0 Å². The Labute approximate surface area is 117 Å². The van der Waals surface area contributed by atoms with Crippen LogP contribution in [0.15, 0.2) is 18.2 Å². The van der Waals surface area contributed by atoms with Crippen molar-refractivity contribution in [3.05, 3.63) is 33.9 Å². The van der Waals surface area contributed by atoms with Crippen LogP contribution in [0.25, 0.3) is 0 Å². The Morgan fingerprint density at radius 1 is 1.50 bits per heavy atom. The molecule has 0 aliphatic heterocycles. The lowest BCUT2D eigenvalue weighted by atomic mass is 10.1. The zero-order valence-corrected chi connectivity index (χ0v) is 11.8. The molecule has 0 bridgehead atoms. The Kier molecular flexibility index (Phi) is 5.92. The third kappa shape index (κ3) is 4.51. The normalized spacial score (nSPS) is 10.6. The third-order valence-electron chi connectivity index (χ3n) is 2.74. The fourth-order valence-electron chi connectivity index (χ4n) is 1.94. The molecule has 20 heavy (non-hydrogen) atoms. The van der Waals surface area contributed by atoms with E-state index >= 15 is 0 Å². The number of likely N-dealkylation sites (N-methyl/N-ethyl adjacent to an activating group) is 1. The van der Waals surface area contributed by atoms with Gasteiger partial charge in [-0.3, -0.25) is 19.8 Å². The number of nitrogens with two attached hydrogens (primary N) is 1. The summed E-state index contributed by atoms with van der Waals surface area (Å²) in [5.74, 6) is -0.430. The van der Waals surface area contributed by atoms with E-state index in [9.17, 15) is 14.9 Å². The number of rotatable bonds is 8. The first-order chi connectivity index (χ1) is 9.45. The fourth-order valence-corrected chi connectivity index (χ4v) is 1.94. The molecular formula is C13H20N4O3. The van der Waals surface area contributed by atoms with Crippen LogP contribution in [0.5, 0.6) is 0 Å². The summed E-state index contributed by atoms with van der Waals surface area (Å²) in [5.41, 5.74) is 6.47. The average Bonchev–Trinajstić information content (AvgIpc) is 2.35. The Bertz CT molecular complexity index is 491. The zero-order chi connectivity index (χ0) is 15.1. The van der Waals surface area contributed by atoms with Gasteiger partial charge in [-0.05, 0) is 19.0 Å². The van der Waals surface area contributed by atoms with Gasteiger partial charge < -0.3 is 11.1 Å². The molecule has 7 nitrogen and oxygen atoms in total. The number of hydrogen-bond donors (Lipinski definition) is 2. The molecule has 3 N–H and O–H groups in total. The highest BCUT2D eigenvalue weighted by molar-refractivity contribution is 5.76. The molecule has 7 heteroatoms. The van der Waals surface area contributed by atoms with E-state index in [0.717, 1.165) is 12.0 Å². The van der Waals surface area contributed by atoms with Crippen LogP contribution < -0.4 is 11.1 Å². The summed E-state index contributed by atoms with van der Waals surface area (Å²) in [7, 11) is 1.74. The van der Waals surface area contributed by atoms with E-state index in [0.29, 0.717) is 18.8 Å². The van der Waals surface area contributed by atoms with Crippen LogP contribution >= 0.6 is 0 Å². The minimum absolute atomic E-state index is 0.0448. The minimum Gasteiger partial charge on any atom is -0.379 e. The maximum atomic E-state index is 11.1. The van der Waals surface area contributed by atoms with Crippen molar-refractivity contribution in [3.63, 3.8) is 0 Å². The monoisotopic (exact) mass is 280 g/mol. The highest BCUT2D eigenvalue weighted by atomic mass is 16.6. The molecule has 0 fully saturated rings. The first-order valence-corrected chi connectivity index (χ1v) is 6.42.